The highest BCUT2D eigenvalue weighted by Crippen LogP contribution is 2.38. The fourth-order valence-corrected chi connectivity index (χ4v) is 4.63. The zero-order valence-electron chi connectivity index (χ0n) is 19.3. The maximum atomic E-state index is 3.91. The van der Waals surface area contributed by atoms with Gasteiger partial charge in [0.1, 0.15) is 0 Å². The van der Waals surface area contributed by atoms with E-state index in [4.69, 9.17) is 0 Å². The van der Waals surface area contributed by atoms with E-state index in [9.17, 15) is 0 Å². The summed E-state index contributed by atoms with van der Waals surface area (Å²) in [5.41, 5.74) is 9.05. The molecule has 3 aromatic carbocycles. The van der Waals surface area contributed by atoms with Gasteiger partial charge in [-0.15, -0.1) is 0 Å². The summed E-state index contributed by atoms with van der Waals surface area (Å²) in [6.45, 7) is 7.65. The first-order valence-electron chi connectivity index (χ1n) is 11.2. The molecule has 1 N–H and O–H groups in total. The molecule has 0 amide bonds. The van der Waals surface area contributed by atoms with Crippen molar-refractivity contribution in [3.8, 4) is 0 Å². The molecule has 0 aliphatic carbocycles. The molecule has 0 fully saturated rings. The fraction of sp³-hybridized carbons (Fsp3) is 0.286. The lowest BCUT2D eigenvalue weighted by Gasteiger charge is -2.24. The zero-order chi connectivity index (χ0) is 22.0. The third kappa shape index (κ3) is 3.93. The highest BCUT2D eigenvalue weighted by atomic mass is 15.1. The molecule has 0 spiro atoms. The molecule has 31 heavy (non-hydrogen) atoms. The van der Waals surface area contributed by atoms with E-state index in [1.165, 1.54) is 44.7 Å². The van der Waals surface area contributed by atoms with Crippen LogP contribution in [0.4, 0.5) is 11.4 Å². The second-order valence-corrected chi connectivity index (χ2v) is 8.35. The number of hydrogen-bond acceptors (Lipinski definition) is 2. The van der Waals surface area contributed by atoms with Crippen LogP contribution in [0.1, 0.15) is 42.3 Å². The molecule has 4 rings (SSSR count). The first kappa shape index (κ1) is 21.0. The number of para-hydroxylation sites is 2. The van der Waals surface area contributed by atoms with Crippen molar-refractivity contribution in [1.29, 1.82) is 0 Å². The van der Waals surface area contributed by atoms with Gasteiger partial charge in [-0.25, -0.2) is 0 Å². The van der Waals surface area contributed by atoms with Crippen LogP contribution in [-0.2, 0) is 13.0 Å². The van der Waals surface area contributed by atoms with Gasteiger partial charge in [0, 0.05) is 54.2 Å². The monoisotopic (exact) mass is 411 g/mol. The Kier molecular flexibility index (Phi) is 6.03. The smallest absolute Gasteiger partial charge is 0.0791 e. The number of benzene rings is 3. The molecule has 1 unspecified atom stereocenters. The van der Waals surface area contributed by atoms with Crippen LogP contribution < -0.4 is 10.2 Å². The average Bonchev–Trinajstić information content (AvgIpc) is 3.12. The predicted molar refractivity (Wildman–Crippen MR) is 134 cm³/mol. The van der Waals surface area contributed by atoms with Crippen LogP contribution in [0.25, 0.3) is 10.9 Å². The van der Waals surface area contributed by atoms with Gasteiger partial charge in [-0.1, -0.05) is 55.5 Å². The van der Waals surface area contributed by atoms with Gasteiger partial charge >= 0.3 is 0 Å². The summed E-state index contributed by atoms with van der Waals surface area (Å²) in [5.74, 6) is 0. The molecule has 0 aliphatic rings. The Morgan fingerprint density at radius 3 is 2.19 bits per heavy atom. The van der Waals surface area contributed by atoms with Gasteiger partial charge in [0.2, 0.25) is 0 Å². The van der Waals surface area contributed by atoms with Crippen LogP contribution in [-0.4, -0.2) is 18.7 Å². The minimum atomic E-state index is 0.0740. The first-order chi connectivity index (χ1) is 15.0. The number of rotatable bonds is 7. The number of fused-ring (bicyclic) bond motifs is 1. The number of aryl methyl sites for hydroxylation is 2. The number of anilines is 2. The van der Waals surface area contributed by atoms with Crippen molar-refractivity contribution in [3.05, 3.63) is 95.2 Å². The van der Waals surface area contributed by atoms with E-state index in [0.29, 0.717) is 0 Å². The Morgan fingerprint density at radius 2 is 1.55 bits per heavy atom. The summed E-state index contributed by atoms with van der Waals surface area (Å²) in [6, 6.07) is 26.4. The van der Waals surface area contributed by atoms with E-state index in [1.54, 1.807) is 0 Å². The molecular weight excluding hydrogens is 378 g/mol. The normalized spacial score (nSPS) is 12.2. The molecule has 3 nitrogen and oxygen atoms in total. The van der Waals surface area contributed by atoms with E-state index in [2.05, 4.69) is 122 Å². The van der Waals surface area contributed by atoms with Crippen molar-refractivity contribution in [2.45, 2.75) is 39.8 Å². The van der Waals surface area contributed by atoms with E-state index >= 15 is 0 Å². The Morgan fingerprint density at radius 1 is 0.871 bits per heavy atom. The summed E-state index contributed by atoms with van der Waals surface area (Å²) < 4.78 is 2.48. The molecule has 0 radical (unpaired) electrons. The van der Waals surface area contributed by atoms with E-state index in [0.717, 1.165) is 13.0 Å². The highest BCUT2D eigenvalue weighted by molar-refractivity contribution is 5.87. The van der Waals surface area contributed by atoms with Gasteiger partial charge < -0.3 is 14.8 Å². The van der Waals surface area contributed by atoms with E-state index < -0.39 is 0 Å². The van der Waals surface area contributed by atoms with Crippen molar-refractivity contribution in [2.75, 3.05) is 24.3 Å². The molecule has 160 valence electrons. The van der Waals surface area contributed by atoms with Crippen LogP contribution in [0.5, 0.6) is 0 Å². The lowest BCUT2D eigenvalue weighted by Crippen LogP contribution is -2.16. The van der Waals surface area contributed by atoms with Crippen molar-refractivity contribution >= 4 is 22.3 Å². The third-order valence-corrected chi connectivity index (χ3v) is 6.25. The van der Waals surface area contributed by atoms with E-state index in [-0.39, 0.29) is 6.04 Å². The standard InChI is InChI=1S/C28H33N3/c1-6-25-27(23-13-9-11-15-26(23)31(25)7-2)28(29-24-14-10-8-12-20(24)3)21-16-18-22(19-17-21)30(4)5/h8-19,28-29H,6-7H2,1-5H3. The SMILES string of the molecule is CCc1c(C(Nc2ccccc2C)c2ccc(N(C)C)cc2)c2ccccc2n1CC. The van der Waals surface area contributed by atoms with Crippen molar-refractivity contribution in [1.82, 2.24) is 4.57 Å². The quantitative estimate of drug-likeness (QED) is 0.361. The molecule has 1 heterocycles. The Labute approximate surface area is 186 Å². The first-order valence-corrected chi connectivity index (χ1v) is 11.2. The Bertz CT molecular complexity index is 1170. The lowest BCUT2D eigenvalue weighted by atomic mass is 9.94. The highest BCUT2D eigenvalue weighted by Gasteiger charge is 2.24. The summed E-state index contributed by atoms with van der Waals surface area (Å²) in [4.78, 5) is 2.15. The van der Waals surface area contributed by atoms with Crippen molar-refractivity contribution < 1.29 is 0 Å². The van der Waals surface area contributed by atoms with Crippen LogP contribution in [0.15, 0.2) is 72.8 Å². The van der Waals surface area contributed by atoms with Crippen LogP contribution in [0.3, 0.4) is 0 Å². The Balaban J connectivity index is 1.94. The van der Waals surface area contributed by atoms with Crippen LogP contribution in [0, 0.1) is 6.92 Å². The molecule has 3 heteroatoms. The third-order valence-electron chi connectivity index (χ3n) is 6.25. The minimum Gasteiger partial charge on any atom is -0.378 e. The molecule has 4 aromatic rings. The van der Waals surface area contributed by atoms with Gasteiger partial charge in [-0.2, -0.15) is 0 Å². The number of nitrogens with zero attached hydrogens (tertiary/aromatic N) is 2. The maximum Gasteiger partial charge on any atom is 0.0791 e. The summed E-state index contributed by atoms with van der Waals surface area (Å²) >= 11 is 0. The van der Waals surface area contributed by atoms with Gasteiger partial charge in [-0.3, -0.25) is 0 Å². The molecule has 1 atom stereocenters. The molecule has 0 saturated heterocycles. The molecule has 0 saturated carbocycles. The van der Waals surface area contributed by atoms with Gasteiger partial charge in [0.05, 0.1) is 6.04 Å². The molecule has 0 bridgehead atoms. The molecule has 1 aromatic heterocycles. The Hall–Kier alpha value is -3.20. The lowest BCUT2D eigenvalue weighted by molar-refractivity contribution is 0.731. The fourth-order valence-electron chi connectivity index (χ4n) is 4.63. The largest absolute Gasteiger partial charge is 0.378 e. The van der Waals surface area contributed by atoms with Crippen LogP contribution >= 0.6 is 0 Å². The summed E-state index contributed by atoms with van der Waals surface area (Å²) in [5, 5.41) is 5.24. The zero-order valence-corrected chi connectivity index (χ0v) is 19.3. The van der Waals surface area contributed by atoms with Crippen molar-refractivity contribution in [2.24, 2.45) is 0 Å². The van der Waals surface area contributed by atoms with Gasteiger partial charge in [0.15, 0.2) is 0 Å². The van der Waals surface area contributed by atoms with Crippen LogP contribution in [0.2, 0.25) is 0 Å². The second-order valence-electron chi connectivity index (χ2n) is 8.35. The summed E-state index contributed by atoms with van der Waals surface area (Å²) in [6.07, 6.45) is 1.000. The molecule has 0 aliphatic heterocycles. The number of nitrogens with one attached hydrogen (secondary N) is 1. The predicted octanol–water partition coefficient (Wildman–Crippen LogP) is 6.80. The average molecular weight is 412 g/mol. The van der Waals surface area contributed by atoms with Crippen molar-refractivity contribution in [3.63, 3.8) is 0 Å². The van der Waals surface area contributed by atoms with Gasteiger partial charge in [-0.05, 0) is 55.7 Å². The minimum absolute atomic E-state index is 0.0740. The summed E-state index contributed by atoms with van der Waals surface area (Å²) in [7, 11) is 4.17. The van der Waals surface area contributed by atoms with E-state index in [1.807, 2.05) is 0 Å². The number of aromatic nitrogens is 1. The second kappa shape index (κ2) is 8.89. The topological polar surface area (TPSA) is 20.2 Å². The maximum absolute atomic E-state index is 3.91. The van der Waals surface area contributed by atoms with Gasteiger partial charge in [0.25, 0.3) is 0 Å². The number of hydrogen-bond donors (Lipinski definition) is 1. The molecular formula is C28H33N3.